The minimum Gasteiger partial charge on any atom is -0.481 e. The Bertz CT molecular complexity index is 331. The first-order valence-corrected chi connectivity index (χ1v) is 6.74. The highest BCUT2D eigenvalue weighted by Gasteiger charge is 2.44. The summed E-state index contributed by atoms with van der Waals surface area (Å²) in [5.74, 6) is -0.310. The number of rotatable bonds is 4. The number of nitrogens with zero attached hydrogens (tertiary/aromatic N) is 1. The molecule has 0 spiro atoms. The van der Waals surface area contributed by atoms with E-state index in [0.29, 0.717) is 0 Å². The van der Waals surface area contributed by atoms with Crippen LogP contribution in [0.1, 0.15) is 39.0 Å². The summed E-state index contributed by atoms with van der Waals surface area (Å²) < 4.78 is 0. The number of carbonyl (C=O) groups is 2. The second kappa shape index (κ2) is 5.26. The average molecular weight is 254 g/mol. The summed E-state index contributed by atoms with van der Waals surface area (Å²) in [6, 6.07) is 0.372. The van der Waals surface area contributed by atoms with Crippen LogP contribution in [-0.4, -0.2) is 47.1 Å². The number of carbonyl (C=O) groups excluding carboxylic acids is 1. The van der Waals surface area contributed by atoms with Crippen molar-refractivity contribution < 1.29 is 14.7 Å². The predicted molar refractivity (Wildman–Crippen MR) is 67.2 cm³/mol. The molecule has 5 nitrogen and oxygen atoms in total. The normalized spacial score (nSPS) is 32.3. The predicted octanol–water partition coefficient (Wildman–Crippen LogP) is 0.839. The molecule has 0 radical (unpaired) electrons. The van der Waals surface area contributed by atoms with E-state index in [1.807, 2.05) is 11.8 Å². The summed E-state index contributed by atoms with van der Waals surface area (Å²) in [6.07, 6.45) is 4.01. The molecule has 0 aliphatic carbocycles. The molecule has 2 aliphatic rings. The van der Waals surface area contributed by atoms with Crippen molar-refractivity contribution in [1.82, 2.24) is 10.2 Å². The van der Waals surface area contributed by atoms with Gasteiger partial charge in [-0.15, -0.1) is 0 Å². The van der Waals surface area contributed by atoms with E-state index in [4.69, 9.17) is 5.11 Å². The van der Waals surface area contributed by atoms with Crippen molar-refractivity contribution in [2.75, 3.05) is 7.05 Å². The van der Waals surface area contributed by atoms with Crippen LogP contribution >= 0.6 is 0 Å². The molecule has 2 rings (SSSR count). The number of piperidine rings is 1. The van der Waals surface area contributed by atoms with Crippen molar-refractivity contribution in [3.63, 3.8) is 0 Å². The van der Waals surface area contributed by atoms with Gasteiger partial charge in [0.25, 0.3) is 0 Å². The lowest BCUT2D eigenvalue weighted by Crippen LogP contribution is -2.52. The molecule has 2 aliphatic heterocycles. The lowest BCUT2D eigenvalue weighted by molar-refractivity contribution is -0.140. The number of hydrogen-bond acceptors (Lipinski definition) is 3. The van der Waals surface area contributed by atoms with E-state index in [1.165, 1.54) is 0 Å². The van der Waals surface area contributed by atoms with Crippen LogP contribution in [0.2, 0.25) is 0 Å². The average Bonchev–Trinajstić information content (AvgIpc) is 2.58. The summed E-state index contributed by atoms with van der Waals surface area (Å²) in [5.41, 5.74) is 0. The standard InChI is InChI=1S/C13H22N2O3/c1-8(14-2)13(18)15-10-3-4-11(15)6-9(5-10)7-12(16)17/h8-11,14H,3-7H2,1-2H3,(H,16,17). The van der Waals surface area contributed by atoms with Crippen molar-refractivity contribution in [2.45, 2.75) is 57.2 Å². The molecular formula is C13H22N2O3. The van der Waals surface area contributed by atoms with Gasteiger partial charge in [-0.1, -0.05) is 0 Å². The highest BCUT2D eigenvalue weighted by atomic mass is 16.4. The van der Waals surface area contributed by atoms with Crippen molar-refractivity contribution in [3.05, 3.63) is 0 Å². The number of nitrogens with one attached hydrogen (secondary N) is 1. The molecule has 1 amide bonds. The Kier molecular flexibility index (Phi) is 3.90. The van der Waals surface area contributed by atoms with Gasteiger partial charge in [-0.25, -0.2) is 0 Å². The van der Waals surface area contributed by atoms with Crippen LogP contribution in [0.15, 0.2) is 0 Å². The summed E-state index contributed by atoms with van der Waals surface area (Å²) >= 11 is 0. The second-order valence-electron chi connectivity index (χ2n) is 5.58. The van der Waals surface area contributed by atoms with E-state index < -0.39 is 5.97 Å². The maximum Gasteiger partial charge on any atom is 0.303 e. The van der Waals surface area contributed by atoms with Crippen LogP contribution in [0.3, 0.4) is 0 Å². The van der Waals surface area contributed by atoms with Gasteiger partial charge < -0.3 is 15.3 Å². The van der Waals surface area contributed by atoms with Crippen LogP contribution < -0.4 is 5.32 Å². The number of carboxylic acid groups (broad SMARTS) is 1. The molecule has 2 N–H and O–H groups in total. The van der Waals surface area contributed by atoms with Gasteiger partial charge in [0.05, 0.1) is 6.04 Å². The Hall–Kier alpha value is -1.10. The van der Waals surface area contributed by atoms with E-state index in [2.05, 4.69) is 5.32 Å². The topological polar surface area (TPSA) is 69.6 Å². The van der Waals surface area contributed by atoms with Gasteiger partial charge in [-0.05, 0) is 45.6 Å². The molecule has 102 valence electrons. The molecule has 0 aromatic rings. The molecule has 0 aromatic carbocycles. The number of amides is 1. The molecule has 18 heavy (non-hydrogen) atoms. The van der Waals surface area contributed by atoms with E-state index >= 15 is 0 Å². The van der Waals surface area contributed by atoms with Crippen LogP contribution in [-0.2, 0) is 9.59 Å². The molecule has 2 bridgehead atoms. The van der Waals surface area contributed by atoms with Crippen molar-refractivity contribution >= 4 is 11.9 Å². The largest absolute Gasteiger partial charge is 0.481 e. The van der Waals surface area contributed by atoms with E-state index in [1.54, 1.807) is 7.05 Å². The third-order valence-electron chi connectivity index (χ3n) is 4.35. The lowest BCUT2D eigenvalue weighted by atomic mass is 9.88. The van der Waals surface area contributed by atoms with Gasteiger partial charge in [-0.3, -0.25) is 9.59 Å². The third kappa shape index (κ3) is 2.51. The zero-order chi connectivity index (χ0) is 13.3. The Morgan fingerprint density at radius 1 is 1.33 bits per heavy atom. The summed E-state index contributed by atoms with van der Waals surface area (Å²) in [5, 5.41) is 11.9. The number of fused-ring (bicyclic) bond motifs is 2. The summed E-state index contributed by atoms with van der Waals surface area (Å²) in [4.78, 5) is 25.1. The molecule has 2 heterocycles. The fraction of sp³-hybridized carbons (Fsp3) is 0.846. The monoisotopic (exact) mass is 254 g/mol. The number of hydrogen-bond donors (Lipinski definition) is 2. The molecule has 5 heteroatoms. The molecule has 0 aromatic heterocycles. The van der Waals surface area contributed by atoms with Gasteiger partial charge >= 0.3 is 5.97 Å². The quantitative estimate of drug-likeness (QED) is 0.780. The molecule has 3 unspecified atom stereocenters. The molecule has 2 fully saturated rings. The van der Waals surface area contributed by atoms with Gasteiger partial charge in [0.1, 0.15) is 0 Å². The molecule has 2 saturated heterocycles. The Labute approximate surface area is 108 Å². The van der Waals surface area contributed by atoms with Crippen LogP contribution in [0.25, 0.3) is 0 Å². The fourth-order valence-corrected chi connectivity index (χ4v) is 3.41. The fourth-order valence-electron chi connectivity index (χ4n) is 3.41. The van der Waals surface area contributed by atoms with Crippen LogP contribution in [0.5, 0.6) is 0 Å². The summed E-state index contributed by atoms with van der Waals surface area (Å²) in [6.45, 7) is 1.88. The Morgan fingerprint density at radius 2 is 1.89 bits per heavy atom. The number of likely N-dealkylation sites (N-methyl/N-ethyl adjacent to an activating group) is 1. The highest BCUT2D eigenvalue weighted by Crippen LogP contribution is 2.40. The van der Waals surface area contributed by atoms with Crippen molar-refractivity contribution in [2.24, 2.45) is 5.92 Å². The first-order valence-electron chi connectivity index (χ1n) is 6.74. The number of aliphatic carboxylic acids is 1. The van der Waals surface area contributed by atoms with E-state index in [9.17, 15) is 9.59 Å². The minimum atomic E-state index is -0.720. The zero-order valence-corrected chi connectivity index (χ0v) is 11.1. The minimum absolute atomic E-state index is 0.149. The third-order valence-corrected chi connectivity index (χ3v) is 4.35. The number of carboxylic acids is 1. The van der Waals surface area contributed by atoms with Crippen molar-refractivity contribution in [1.29, 1.82) is 0 Å². The maximum absolute atomic E-state index is 12.3. The molecule has 0 saturated carbocycles. The Balaban J connectivity index is 2.02. The van der Waals surface area contributed by atoms with Gasteiger partial charge in [0, 0.05) is 18.5 Å². The van der Waals surface area contributed by atoms with E-state index in [0.717, 1.165) is 25.7 Å². The zero-order valence-electron chi connectivity index (χ0n) is 11.1. The van der Waals surface area contributed by atoms with Crippen LogP contribution in [0.4, 0.5) is 0 Å². The second-order valence-corrected chi connectivity index (χ2v) is 5.58. The Morgan fingerprint density at radius 3 is 2.33 bits per heavy atom. The van der Waals surface area contributed by atoms with E-state index in [-0.39, 0.29) is 36.4 Å². The first kappa shape index (κ1) is 13.3. The van der Waals surface area contributed by atoms with Gasteiger partial charge in [0.2, 0.25) is 5.91 Å². The SMILES string of the molecule is CNC(C)C(=O)N1C2CCC1CC(CC(=O)O)C2. The highest BCUT2D eigenvalue weighted by molar-refractivity contribution is 5.82. The van der Waals surface area contributed by atoms with Gasteiger partial charge in [0.15, 0.2) is 0 Å². The summed E-state index contributed by atoms with van der Waals surface area (Å²) in [7, 11) is 1.79. The lowest BCUT2D eigenvalue weighted by Gasteiger charge is -2.39. The maximum atomic E-state index is 12.3. The van der Waals surface area contributed by atoms with Gasteiger partial charge in [-0.2, -0.15) is 0 Å². The van der Waals surface area contributed by atoms with Crippen LogP contribution in [0, 0.1) is 5.92 Å². The van der Waals surface area contributed by atoms with Crippen molar-refractivity contribution in [3.8, 4) is 0 Å². The molecular weight excluding hydrogens is 232 g/mol. The smallest absolute Gasteiger partial charge is 0.303 e. The molecule has 3 atom stereocenters. The first-order chi connectivity index (χ1) is 8.52.